The van der Waals surface area contributed by atoms with Crippen LogP contribution in [0.3, 0.4) is 0 Å². The topological polar surface area (TPSA) is 43.4 Å². The van der Waals surface area contributed by atoms with Crippen LogP contribution < -0.4 is 4.74 Å². The highest BCUT2D eigenvalue weighted by Crippen LogP contribution is 2.29. The summed E-state index contributed by atoms with van der Waals surface area (Å²) in [5.41, 5.74) is 0.0247. The number of carbonyl (C=O) groups is 2. The summed E-state index contributed by atoms with van der Waals surface area (Å²) in [5, 5.41) is 0. The van der Waals surface area contributed by atoms with E-state index >= 15 is 0 Å². The molecule has 2 aromatic carbocycles. The van der Waals surface area contributed by atoms with Crippen LogP contribution in [-0.2, 0) is 0 Å². The van der Waals surface area contributed by atoms with Crippen molar-refractivity contribution in [2.45, 2.75) is 6.92 Å². The SMILES string of the molecule is CC(=O)c1ccc(C(=O)Oc2c(F)c(F)c(F)c(F)c2F)cc1. The van der Waals surface area contributed by atoms with Crippen LogP contribution in [0.4, 0.5) is 22.0 Å². The van der Waals surface area contributed by atoms with Crippen molar-refractivity contribution in [1.82, 2.24) is 0 Å². The standard InChI is InChI=1S/C15H7F5O3/c1-6(21)7-2-4-8(5-3-7)15(22)23-14-12(19)10(17)9(16)11(18)13(14)20/h2-5H,1H3. The molecule has 0 saturated heterocycles. The van der Waals surface area contributed by atoms with Gasteiger partial charge in [0.2, 0.25) is 34.8 Å². The minimum atomic E-state index is -2.36. The number of Topliss-reactive ketones (excluding diaryl/α,β-unsaturated/α-hetero) is 1. The molecule has 0 aliphatic rings. The maximum Gasteiger partial charge on any atom is 0.343 e. The Morgan fingerprint density at radius 2 is 1.13 bits per heavy atom. The Bertz CT molecular complexity index is 771. The zero-order valence-electron chi connectivity index (χ0n) is 11.4. The molecule has 0 amide bonds. The predicted molar refractivity (Wildman–Crippen MR) is 67.6 cm³/mol. The van der Waals surface area contributed by atoms with E-state index in [1.807, 2.05) is 0 Å². The number of halogens is 5. The van der Waals surface area contributed by atoms with Crippen LogP contribution in [0.1, 0.15) is 27.6 Å². The first-order chi connectivity index (χ1) is 10.7. The van der Waals surface area contributed by atoms with Gasteiger partial charge in [-0.2, -0.15) is 8.78 Å². The number of carbonyl (C=O) groups excluding carboxylic acids is 2. The molecule has 0 saturated carbocycles. The molecule has 120 valence electrons. The number of ketones is 1. The van der Waals surface area contributed by atoms with Crippen molar-refractivity contribution in [3.05, 3.63) is 64.5 Å². The number of hydrogen-bond donors (Lipinski definition) is 0. The average Bonchev–Trinajstić information content (AvgIpc) is 2.55. The molecular formula is C15H7F5O3. The van der Waals surface area contributed by atoms with Gasteiger partial charge in [0.15, 0.2) is 5.78 Å². The Balaban J connectivity index is 2.36. The molecule has 23 heavy (non-hydrogen) atoms. The van der Waals surface area contributed by atoms with Crippen molar-refractivity contribution in [3.8, 4) is 5.75 Å². The van der Waals surface area contributed by atoms with Crippen LogP contribution >= 0.6 is 0 Å². The van der Waals surface area contributed by atoms with E-state index in [0.29, 0.717) is 0 Å². The van der Waals surface area contributed by atoms with Crippen LogP contribution in [0.2, 0.25) is 0 Å². The molecule has 0 unspecified atom stereocenters. The lowest BCUT2D eigenvalue weighted by molar-refractivity contribution is 0.0715. The quantitative estimate of drug-likeness (QED) is 0.215. The van der Waals surface area contributed by atoms with E-state index in [1.165, 1.54) is 19.1 Å². The molecule has 0 aliphatic heterocycles. The van der Waals surface area contributed by atoms with Gasteiger partial charge in [0.05, 0.1) is 5.56 Å². The van der Waals surface area contributed by atoms with Gasteiger partial charge in [0.1, 0.15) is 0 Å². The van der Waals surface area contributed by atoms with Gasteiger partial charge >= 0.3 is 5.97 Å². The summed E-state index contributed by atoms with van der Waals surface area (Å²) in [6.45, 7) is 1.28. The Morgan fingerprint density at radius 1 is 0.739 bits per heavy atom. The number of hydrogen-bond acceptors (Lipinski definition) is 3. The van der Waals surface area contributed by atoms with Gasteiger partial charge in [-0.15, -0.1) is 0 Å². The van der Waals surface area contributed by atoms with Gasteiger partial charge in [-0.1, -0.05) is 12.1 Å². The molecule has 0 atom stereocenters. The molecule has 0 aliphatic carbocycles. The van der Waals surface area contributed by atoms with E-state index in [9.17, 15) is 31.5 Å². The summed E-state index contributed by atoms with van der Waals surface area (Å²) in [5.74, 6) is -14.6. The van der Waals surface area contributed by atoms with E-state index in [1.54, 1.807) is 0 Å². The first-order valence-electron chi connectivity index (χ1n) is 6.08. The first kappa shape index (κ1) is 16.6. The normalized spacial score (nSPS) is 10.5. The second kappa shape index (κ2) is 6.15. The Morgan fingerprint density at radius 3 is 1.57 bits per heavy atom. The lowest BCUT2D eigenvalue weighted by atomic mass is 10.1. The Hall–Kier alpha value is -2.77. The lowest BCUT2D eigenvalue weighted by Crippen LogP contribution is -2.13. The minimum Gasteiger partial charge on any atom is -0.416 e. The van der Waals surface area contributed by atoms with Crippen LogP contribution in [-0.4, -0.2) is 11.8 Å². The van der Waals surface area contributed by atoms with Crippen molar-refractivity contribution in [3.63, 3.8) is 0 Å². The molecule has 0 bridgehead atoms. The molecule has 8 heteroatoms. The largest absolute Gasteiger partial charge is 0.416 e. The number of benzene rings is 2. The van der Waals surface area contributed by atoms with Crippen molar-refractivity contribution < 1.29 is 36.3 Å². The summed E-state index contributed by atoms with van der Waals surface area (Å²) in [4.78, 5) is 22.8. The third-order valence-electron chi connectivity index (χ3n) is 2.89. The summed E-state index contributed by atoms with van der Waals surface area (Å²) < 4.78 is 70.0. The van der Waals surface area contributed by atoms with Gasteiger partial charge in [-0.3, -0.25) is 4.79 Å². The predicted octanol–water partition coefficient (Wildman–Crippen LogP) is 3.80. The fourth-order valence-corrected chi connectivity index (χ4v) is 1.67. The molecule has 0 aromatic heterocycles. The number of esters is 1. The Kier molecular flexibility index (Phi) is 4.44. The van der Waals surface area contributed by atoms with E-state index in [0.717, 1.165) is 12.1 Å². The van der Waals surface area contributed by atoms with Crippen LogP contribution in [0.5, 0.6) is 5.75 Å². The lowest BCUT2D eigenvalue weighted by Gasteiger charge is -2.09. The monoisotopic (exact) mass is 330 g/mol. The maximum atomic E-state index is 13.4. The van der Waals surface area contributed by atoms with E-state index in [-0.39, 0.29) is 16.9 Å². The first-order valence-corrected chi connectivity index (χ1v) is 6.08. The van der Waals surface area contributed by atoms with Gasteiger partial charge in [-0.25, -0.2) is 18.0 Å². The van der Waals surface area contributed by atoms with Gasteiger partial charge in [0, 0.05) is 5.56 Å². The van der Waals surface area contributed by atoms with Crippen molar-refractivity contribution >= 4 is 11.8 Å². The molecule has 0 N–H and O–H groups in total. The van der Waals surface area contributed by atoms with E-state index in [2.05, 4.69) is 4.74 Å². The third kappa shape index (κ3) is 3.05. The summed E-state index contributed by atoms with van der Waals surface area (Å²) in [6, 6.07) is 4.73. The van der Waals surface area contributed by atoms with Crippen molar-refractivity contribution in [2.24, 2.45) is 0 Å². The third-order valence-corrected chi connectivity index (χ3v) is 2.89. The van der Waals surface area contributed by atoms with Crippen LogP contribution in [0.15, 0.2) is 24.3 Å². The molecule has 0 radical (unpaired) electrons. The fourth-order valence-electron chi connectivity index (χ4n) is 1.67. The zero-order chi connectivity index (χ0) is 17.3. The maximum absolute atomic E-state index is 13.4. The van der Waals surface area contributed by atoms with Gasteiger partial charge < -0.3 is 4.74 Å². The highest BCUT2D eigenvalue weighted by molar-refractivity contribution is 5.96. The Labute approximate surface area is 126 Å². The molecule has 0 spiro atoms. The molecule has 0 fully saturated rings. The minimum absolute atomic E-state index is 0.237. The molecule has 2 rings (SSSR count). The summed E-state index contributed by atoms with van der Waals surface area (Å²) >= 11 is 0. The van der Waals surface area contributed by atoms with Gasteiger partial charge in [-0.05, 0) is 19.1 Å². The average molecular weight is 330 g/mol. The fraction of sp³-hybridized carbons (Fsp3) is 0.0667. The molecule has 2 aromatic rings. The molecule has 0 heterocycles. The number of rotatable bonds is 3. The molecular weight excluding hydrogens is 323 g/mol. The smallest absolute Gasteiger partial charge is 0.343 e. The second-order valence-electron chi connectivity index (χ2n) is 4.42. The highest BCUT2D eigenvalue weighted by Gasteiger charge is 2.28. The van der Waals surface area contributed by atoms with Crippen LogP contribution in [0.25, 0.3) is 0 Å². The molecule has 3 nitrogen and oxygen atoms in total. The van der Waals surface area contributed by atoms with Crippen LogP contribution in [0, 0.1) is 29.1 Å². The second-order valence-corrected chi connectivity index (χ2v) is 4.42. The highest BCUT2D eigenvalue weighted by atomic mass is 19.2. The van der Waals surface area contributed by atoms with E-state index < -0.39 is 40.8 Å². The zero-order valence-corrected chi connectivity index (χ0v) is 11.4. The number of ether oxygens (including phenoxy) is 1. The van der Waals surface area contributed by atoms with E-state index in [4.69, 9.17) is 0 Å². The summed E-state index contributed by atoms with van der Waals surface area (Å²) in [7, 11) is 0. The van der Waals surface area contributed by atoms with Crippen molar-refractivity contribution in [1.29, 1.82) is 0 Å². The van der Waals surface area contributed by atoms with Gasteiger partial charge in [0.25, 0.3) is 0 Å². The summed E-state index contributed by atoms with van der Waals surface area (Å²) in [6.07, 6.45) is 0. The van der Waals surface area contributed by atoms with Crippen molar-refractivity contribution in [2.75, 3.05) is 0 Å².